The molecule has 0 N–H and O–H groups in total. The van der Waals surface area contributed by atoms with Crippen molar-refractivity contribution < 1.29 is 0 Å². The quantitative estimate of drug-likeness (QED) is 0.201. The van der Waals surface area contributed by atoms with Crippen LogP contribution in [0.4, 0.5) is 0 Å². The Balaban J connectivity index is 1.41. The molecule has 1 aliphatic heterocycles. The Morgan fingerprint density at radius 1 is 0.522 bits per heavy atom. The first-order valence-electron chi connectivity index (χ1n) is 15.3. The van der Waals surface area contributed by atoms with Gasteiger partial charge in [-0.25, -0.2) is 19.9 Å². The fourth-order valence-electron chi connectivity index (χ4n) is 7.37. The molecule has 5 nitrogen and oxygen atoms in total. The summed E-state index contributed by atoms with van der Waals surface area (Å²) in [5.41, 5.74) is 10.6. The molecule has 216 valence electrons. The fraction of sp³-hybridized carbons (Fsp3) is 0.0244. The van der Waals surface area contributed by atoms with Gasteiger partial charge in [0.15, 0.2) is 17.5 Å². The largest absolute Gasteiger partial charge is 0.294 e. The fourth-order valence-corrected chi connectivity index (χ4v) is 7.37. The van der Waals surface area contributed by atoms with Crippen molar-refractivity contribution in [1.29, 1.82) is 0 Å². The Morgan fingerprint density at radius 3 is 1.80 bits per heavy atom. The molecule has 0 saturated heterocycles. The van der Waals surface area contributed by atoms with Crippen LogP contribution in [-0.2, 0) is 5.41 Å². The van der Waals surface area contributed by atoms with Crippen LogP contribution in [0.15, 0.2) is 158 Å². The molecule has 1 unspecified atom stereocenters. The lowest BCUT2D eigenvalue weighted by Crippen LogP contribution is -2.28. The topological polar surface area (TPSA) is 56.5 Å². The first-order valence-corrected chi connectivity index (χ1v) is 15.3. The van der Waals surface area contributed by atoms with Crippen molar-refractivity contribution in [3.63, 3.8) is 0 Å². The van der Waals surface area contributed by atoms with Crippen LogP contribution in [0.2, 0.25) is 0 Å². The number of nitrogens with zero attached hydrogens (tertiary/aromatic N) is 5. The summed E-state index contributed by atoms with van der Waals surface area (Å²) in [7, 11) is 0. The summed E-state index contributed by atoms with van der Waals surface area (Å²) in [5, 5.41) is 0. The summed E-state index contributed by atoms with van der Waals surface area (Å²) in [6.07, 6.45) is 3.93. The van der Waals surface area contributed by atoms with Crippen molar-refractivity contribution in [2.45, 2.75) is 5.41 Å². The maximum absolute atomic E-state index is 5.37. The van der Waals surface area contributed by atoms with Crippen LogP contribution < -0.4 is 0 Å². The number of hydrogen-bond acceptors (Lipinski definition) is 4. The number of fused-ring (bicyclic) bond motifs is 9. The summed E-state index contributed by atoms with van der Waals surface area (Å²) < 4.78 is 2.31. The van der Waals surface area contributed by atoms with Crippen LogP contribution in [0.3, 0.4) is 0 Å². The van der Waals surface area contributed by atoms with Crippen LogP contribution in [0.5, 0.6) is 0 Å². The van der Waals surface area contributed by atoms with Crippen LogP contribution in [0, 0.1) is 0 Å². The first-order chi connectivity index (χ1) is 22.7. The van der Waals surface area contributed by atoms with E-state index in [-0.39, 0.29) is 0 Å². The van der Waals surface area contributed by atoms with E-state index in [2.05, 4.69) is 78.4 Å². The highest BCUT2D eigenvalue weighted by atomic mass is 15.1. The molecule has 3 heterocycles. The molecule has 5 heteroatoms. The second kappa shape index (κ2) is 9.91. The van der Waals surface area contributed by atoms with Crippen molar-refractivity contribution in [2.75, 3.05) is 0 Å². The molecule has 9 rings (SSSR count). The van der Waals surface area contributed by atoms with E-state index in [9.17, 15) is 0 Å². The third-order valence-electron chi connectivity index (χ3n) is 9.22. The molecule has 1 atom stereocenters. The number of hydrogen-bond donors (Lipinski definition) is 0. The van der Waals surface area contributed by atoms with Gasteiger partial charge >= 0.3 is 0 Å². The van der Waals surface area contributed by atoms with Crippen LogP contribution in [0.1, 0.15) is 22.5 Å². The van der Waals surface area contributed by atoms with Crippen molar-refractivity contribution in [2.24, 2.45) is 0 Å². The van der Waals surface area contributed by atoms with E-state index in [4.69, 9.17) is 19.9 Å². The Kier molecular flexibility index (Phi) is 5.65. The highest BCUT2D eigenvalue weighted by Gasteiger charge is 2.55. The van der Waals surface area contributed by atoms with Crippen LogP contribution >= 0.6 is 0 Å². The van der Waals surface area contributed by atoms with E-state index in [0.29, 0.717) is 17.5 Å². The molecule has 5 aromatic carbocycles. The lowest BCUT2D eigenvalue weighted by Gasteiger charge is -2.28. The number of imidazole rings is 1. The highest BCUT2D eigenvalue weighted by molar-refractivity contribution is 5.96. The van der Waals surface area contributed by atoms with Crippen LogP contribution in [-0.4, -0.2) is 24.5 Å². The average Bonchev–Trinajstić information content (AvgIpc) is 3.75. The van der Waals surface area contributed by atoms with E-state index < -0.39 is 5.41 Å². The van der Waals surface area contributed by atoms with E-state index >= 15 is 0 Å². The predicted molar refractivity (Wildman–Crippen MR) is 184 cm³/mol. The highest BCUT2D eigenvalue weighted by Crippen LogP contribution is 2.60. The molecule has 0 amide bonds. The molecule has 0 radical (unpaired) electrons. The van der Waals surface area contributed by atoms with Gasteiger partial charge in [-0.2, -0.15) is 0 Å². The zero-order chi connectivity index (χ0) is 30.8. The molecular formula is C41H27N5. The van der Waals surface area contributed by atoms with Crippen molar-refractivity contribution in [1.82, 2.24) is 24.5 Å². The molecule has 0 fully saturated rings. The molecule has 0 bridgehead atoms. The van der Waals surface area contributed by atoms with Gasteiger partial charge in [-0.1, -0.05) is 135 Å². The molecule has 46 heavy (non-hydrogen) atoms. The Labute approximate surface area is 266 Å². The second-order valence-corrected chi connectivity index (χ2v) is 11.5. The SMILES string of the molecule is C=CC1=C(C=C)C2(c3ccccc31)c1cccc(-c3nc(-c4ccccc4)nc(-c4ccccc4)n3)c1-n1c2nc2ccccc21. The van der Waals surface area contributed by atoms with Gasteiger partial charge < -0.3 is 0 Å². The van der Waals surface area contributed by atoms with Gasteiger partial charge in [0.05, 0.1) is 16.7 Å². The average molecular weight is 590 g/mol. The standard InChI is InChI=1S/C41H27N5/c1-3-28-29-20-11-12-22-32(29)41(31(28)4-2)33-23-15-21-30(36(33)46-35-25-14-13-24-34(35)42-40(41)46)39-44-37(26-16-7-5-8-17-26)43-38(45-39)27-18-9-6-10-19-27/h3-25H,1-2H2. The monoisotopic (exact) mass is 589 g/mol. The molecular weight excluding hydrogens is 562 g/mol. The van der Waals surface area contributed by atoms with Gasteiger partial charge in [-0.3, -0.25) is 4.57 Å². The van der Waals surface area contributed by atoms with E-state index in [0.717, 1.165) is 67.1 Å². The van der Waals surface area contributed by atoms with Gasteiger partial charge in [0.2, 0.25) is 0 Å². The summed E-state index contributed by atoms with van der Waals surface area (Å²) in [6, 6.07) is 43.5. The van der Waals surface area contributed by atoms with Crippen molar-refractivity contribution in [3.8, 4) is 39.9 Å². The lowest BCUT2D eigenvalue weighted by atomic mass is 9.71. The van der Waals surface area contributed by atoms with E-state index in [1.54, 1.807) is 0 Å². The van der Waals surface area contributed by atoms with Gasteiger partial charge in [-0.05, 0) is 46.0 Å². The summed E-state index contributed by atoms with van der Waals surface area (Å²) in [5.74, 6) is 2.77. The zero-order valence-corrected chi connectivity index (χ0v) is 24.9. The molecule has 1 aliphatic carbocycles. The number of benzene rings is 5. The Hall–Kier alpha value is -6.20. The normalized spacial score (nSPS) is 16.0. The van der Waals surface area contributed by atoms with E-state index in [1.165, 1.54) is 0 Å². The number of aromatic nitrogens is 5. The lowest BCUT2D eigenvalue weighted by molar-refractivity contribution is 0.732. The maximum Gasteiger partial charge on any atom is 0.166 e. The summed E-state index contributed by atoms with van der Waals surface area (Å²) in [6.45, 7) is 8.57. The Morgan fingerprint density at radius 2 is 1.11 bits per heavy atom. The zero-order valence-electron chi connectivity index (χ0n) is 24.9. The van der Waals surface area contributed by atoms with Gasteiger partial charge in [0.25, 0.3) is 0 Å². The van der Waals surface area contributed by atoms with E-state index in [1.807, 2.05) is 78.9 Å². The van der Waals surface area contributed by atoms with Crippen molar-refractivity contribution >= 4 is 16.6 Å². The minimum Gasteiger partial charge on any atom is -0.294 e. The maximum atomic E-state index is 5.37. The third-order valence-corrected chi connectivity index (χ3v) is 9.22. The Bertz CT molecular complexity index is 2340. The molecule has 1 spiro atoms. The van der Waals surface area contributed by atoms with Crippen LogP contribution in [0.25, 0.3) is 56.5 Å². The molecule has 2 aliphatic rings. The van der Waals surface area contributed by atoms with Crippen molar-refractivity contribution in [3.05, 3.63) is 181 Å². The predicted octanol–water partition coefficient (Wildman–Crippen LogP) is 9.00. The smallest absolute Gasteiger partial charge is 0.166 e. The third kappa shape index (κ3) is 3.45. The molecule has 7 aromatic rings. The van der Waals surface area contributed by atoms with Gasteiger partial charge in [0, 0.05) is 16.7 Å². The summed E-state index contributed by atoms with van der Waals surface area (Å²) >= 11 is 0. The first kappa shape index (κ1) is 26.2. The molecule has 2 aromatic heterocycles. The minimum atomic E-state index is -0.691. The minimum absolute atomic E-state index is 0.602. The number of rotatable bonds is 5. The second-order valence-electron chi connectivity index (χ2n) is 11.5. The number of para-hydroxylation sites is 3. The summed E-state index contributed by atoms with van der Waals surface area (Å²) in [4.78, 5) is 20.6. The molecule has 0 saturated carbocycles. The van der Waals surface area contributed by atoms with Gasteiger partial charge in [0.1, 0.15) is 11.2 Å². The number of allylic oxidation sites excluding steroid dienone is 4. The van der Waals surface area contributed by atoms with Gasteiger partial charge in [-0.15, -0.1) is 0 Å².